The van der Waals surface area contributed by atoms with Crippen molar-refractivity contribution in [3.8, 4) is 0 Å². The maximum Gasteiger partial charge on any atom is 0.310 e. The minimum Gasteiger partial charge on any atom is -0.460 e. The third-order valence-electron chi connectivity index (χ3n) is 3.87. The molecule has 2 rings (SSSR count). The Hall–Kier alpha value is -1.46. The first-order valence-electron chi connectivity index (χ1n) is 7.91. The number of esters is 1. The second-order valence-electron chi connectivity index (χ2n) is 6.85. The zero-order chi connectivity index (χ0) is 17.0. The summed E-state index contributed by atoms with van der Waals surface area (Å²) in [5, 5.41) is 0. The highest BCUT2D eigenvalue weighted by molar-refractivity contribution is 5.73. The molecule has 0 aliphatic carbocycles. The van der Waals surface area contributed by atoms with Crippen LogP contribution in [0.5, 0.6) is 0 Å². The van der Waals surface area contributed by atoms with E-state index in [2.05, 4.69) is 0 Å². The molecule has 0 N–H and O–H groups in total. The summed E-state index contributed by atoms with van der Waals surface area (Å²) >= 11 is 0. The third-order valence-corrected chi connectivity index (χ3v) is 3.87. The number of hydrogen-bond acceptors (Lipinski definition) is 4. The number of carbonyl (C=O) groups excluding carboxylic acids is 1. The lowest BCUT2D eigenvalue weighted by Crippen LogP contribution is -2.33. The first-order chi connectivity index (χ1) is 10.8. The Bertz CT molecular complexity index is 550. The standard InChI is InChI=1S/C18H25FO4/c1-18(2,3)23-17(20)10-12-9-13(19)5-6-14(12)15-7-8-22-11-16(15)21-4/h5-6,9,15-16H,7-8,10-11H2,1-4H3/t15-,16+/m0/s1. The van der Waals surface area contributed by atoms with E-state index < -0.39 is 5.60 Å². The van der Waals surface area contributed by atoms with E-state index in [0.29, 0.717) is 18.8 Å². The van der Waals surface area contributed by atoms with Gasteiger partial charge in [-0.05, 0) is 50.5 Å². The molecule has 0 unspecified atom stereocenters. The average Bonchev–Trinajstić information content (AvgIpc) is 2.45. The lowest BCUT2D eigenvalue weighted by atomic mass is 9.85. The minimum absolute atomic E-state index is 0.0537. The van der Waals surface area contributed by atoms with Crippen molar-refractivity contribution in [2.45, 2.75) is 51.2 Å². The highest BCUT2D eigenvalue weighted by Gasteiger charge is 2.29. The van der Waals surface area contributed by atoms with Crippen molar-refractivity contribution in [3.05, 3.63) is 35.1 Å². The van der Waals surface area contributed by atoms with E-state index in [0.717, 1.165) is 12.0 Å². The maximum atomic E-state index is 13.7. The van der Waals surface area contributed by atoms with Crippen molar-refractivity contribution in [2.24, 2.45) is 0 Å². The number of methoxy groups -OCH3 is 1. The van der Waals surface area contributed by atoms with Crippen LogP contribution in [-0.2, 0) is 25.4 Å². The van der Waals surface area contributed by atoms with Crippen LogP contribution in [0.25, 0.3) is 0 Å². The van der Waals surface area contributed by atoms with Crippen molar-refractivity contribution in [3.63, 3.8) is 0 Å². The summed E-state index contributed by atoms with van der Waals surface area (Å²) in [4.78, 5) is 12.1. The number of halogens is 1. The number of rotatable bonds is 4. The zero-order valence-electron chi connectivity index (χ0n) is 14.2. The van der Waals surface area contributed by atoms with Gasteiger partial charge in [-0.1, -0.05) is 6.07 Å². The maximum absolute atomic E-state index is 13.7. The van der Waals surface area contributed by atoms with Gasteiger partial charge in [-0.25, -0.2) is 4.39 Å². The largest absolute Gasteiger partial charge is 0.460 e. The predicted molar refractivity (Wildman–Crippen MR) is 84.9 cm³/mol. The summed E-state index contributed by atoms with van der Waals surface area (Å²) in [5.74, 6) is -0.620. The van der Waals surface area contributed by atoms with E-state index in [1.54, 1.807) is 13.2 Å². The quantitative estimate of drug-likeness (QED) is 0.798. The van der Waals surface area contributed by atoms with Crippen molar-refractivity contribution >= 4 is 5.97 Å². The average molecular weight is 324 g/mol. The van der Waals surface area contributed by atoms with Gasteiger partial charge in [-0.15, -0.1) is 0 Å². The molecule has 1 aromatic carbocycles. The van der Waals surface area contributed by atoms with Crippen LogP contribution in [0.15, 0.2) is 18.2 Å². The second kappa shape index (κ2) is 7.41. The van der Waals surface area contributed by atoms with Gasteiger partial charge in [-0.2, -0.15) is 0 Å². The summed E-state index contributed by atoms with van der Waals surface area (Å²) in [6, 6.07) is 4.59. The van der Waals surface area contributed by atoms with Gasteiger partial charge in [0.1, 0.15) is 11.4 Å². The summed E-state index contributed by atoms with van der Waals surface area (Å²) < 4.78 is 30.0. The molecule has 23 heavy (non-hydrogen) atoms. The van der Waals surface area contributed by atoms with Gasteiger partial charge in [0.25, 0.3) is 0 Å². The van der Waals surface area contributed by atoms with Crippen molar-refractivity contribution in [2.75, 3.05) is 20.3 Å². The van der Waals surface area contributed by atoms with Crippen molar-refractivity contribution in [1.29, 1.82) is 0 Å². The van der Waals surface area contributed by atoms with Crippen LogP contribution in [0.4, 0.5) is 4.39 Å². The molecule has 1 heterocycles. The Labute approximate surface area is 136 Å². The van der Waals surface area contributed by atoms with E-state index in [4.69, 9.17) is 14.2 Å². The zero-order valence-corrected chi connectivity index (χ0v) is 14.2. The van der Waals surface area contributed by atoms with Crippen LogP contribution in [-0.4, -0.2) is 38.0 Å². The normalized spacial score (nSPS) is 22.0. The van der Waals surface area contributed by atoms with Crippen LogP contribution in [0.2, 0.25) is 0 Å². The number of ether oxygens (including phenoxy) is 3. The molecule has 0 bridgehead atoms. The Morgan fingerprint density at radius 1 is 1.39 bits per heavy atom. The summed E-state index contributed by atoms with van der Waals surface area (Å²) in [5.41, 5.74) is 1.04. The van der Waals surface area contributed by atoms with Gasteiger partial charge < -0.3 is 14.2 Å². The molecule has 5 heteroatoms. The van der Waals surface area contributed by atoms with Gasteiger partial charge in [0.05, 0.1) is 19.1 Å². The molecule has 128 valence electrons. The van der Waals surface area contributed by atoms with Crippen molar-refractivity contribution < 1.29 is 23.4 Å². The summed E-state index contributed by atoms with van der Waals surface area (Å²) in [6.07, 6.45) is 0.746. The van der Waals surface area contributed by atoms with E-state index in [-0.39, 0.29) is 30.2 Å². The molecular formula is C18H25FO4. The van der Waals surface area contributed by atoms with Gasteiger partial charge in [0.2, 0.25) is 0 Å². The van der Waals surface area contributed by atoms with Gasteiger partial charge in [0.15, 0.2) is 0 Å². The van der Waals surface area contributed by atoms with Crippen LogP contribution in [0, 0.1) is 5.82 Å². The molecule has 4 nitrogen and oxygen atoms in total. The topological polar surface area (TPSA) is 44.8 Å². The first-order valence-corrected chi connectivity index (χ1v) is 7.91. The van der Waals surface area contributed by atoms with Crippen molar-refractivity contribution in [1.82, 2.24) is 0 Å². The van der Waals surface area contributed by atoms with Gasteiger partial charge in [0, 0.05) is 19.6 Å². The number of carbonyl (C=O) groups is 1. The van der Waals surface area contributed by atoms with Crippen LogP contribution >= 0.6 is 0 Å². The smallest absolute Gasteiger partial charge is 0.310 e. The molecule has 1 aromatic rings. The predicted octanol–water partition coefficient (Wildman–Crippen LogP) is 3.23. The molecule has 0 amide bonds. The Kier molecular flexibility index (Phi) is 5.76. The lowest BCUT2D eigenvalue weighted by molar-refractivity contribution is -0.153. The molecule has 1 fully saturated rings. The fourth-order valence-electron chi connectivity index (χ4n) is 2.92. The summed E-state index contributed by atoms with van der Waals surface area (Å²) in [7, 11) is 1.64. The first kappa shape index (κ1) is 17.9. The van der Waals surface area contributed by atoms with Crippen LogP contribution < -0.4 is 0 Å². The molecule has 0 saturated carbocycles. The molecule has 1 aliphatic heterocycles. The van der Waals surface area contributed by atoms with E-state index in [1.165, 1.54) is 12.1 Å². The van der Waals surface area contributed by atoms with E-state index >= 15 is 0 Å². The molecule has 0 radical (unpaired) electrons. The van der Waals surface area contributed by atoms with Gasteiger partial charge in [-0.3, -0.25) is 4.79 Å². The van der Waals surface area contributed by atoms with Crippen LogP contribution in [0.3, 0.4) is 0 Å². The SMILES string of the molecule is CO[C@@H]1COCC[C@H]1c1ccc(F)cc1CC(=O)OC(C)(C)C. The highest BCUT2D eigenvalue weighted by atomic mass is 19.1. The van der Waals surface area contributed by atoms with E-state index in [9.17, 15) is 9.18 Å². The minimum atomic E-state index is -0.557. The monoisotopic (exact) mass is 324 g/mol. The lowest BCUT2D eigenvalue weighted by Gasteiger charge is -2.32. The molecule has 1 aliphatic rings. The van der Waals surface area contributed by atoms with Gasteiger partial charge >= 0.3 is 5.97 Å². The number of benzene rings is 1. The highest BCUT2D eigenvalue weighted by Crippen LogP contribution is 2.32. The van der Waals surface area contributed by atoms with E-state index in [1.807, 2.05) is 20.8 Å². The third kappa shape index (κ3) is 5.01. The number of hydrogen-bond donors (Lipinski definition) is 0. The molecule has 0 spiro atoms. The molecule has 1 saturated heterocycles. The Balaban J connectivity index is 2.24. The molecular weight excluding hydrogens is 299 g/mol. The second-order valence-corrected chi connectivity index (χ2v) is 6.85. The molecule has 0 aromatic heterocycles. The fraction of sp³-hybridized carbons (Fsp3) is 0.611. The Morgan fingerprint density at radius 3 is 2.78 bits per heavy atom. The Morgan fingerprint density at radius 2 is 2.13 bits per heavy atom. The fourth-order valence-corrected chi connectivity index (χ4v) is 2.92. The summed E-state index contributed by atoms with van der Waals surface area (Å²) in [6.45, 7) is 6.59. The molecule has 2 atom stereocenters. The van der Waals surface area contributed by atoms with Crippen LogP contribution in [0.1, 0.15) is 44.2 Å².